The predicted octanol–water partition coefficient (Wildman–Crippen LogP) is 4.39. The van der Waals surface area contributed by atoms with E-state index in [0.717, 1.165) is 55.1 Å². The maximum absolute atomic E-state index is 12.2. The fourth-order valence-electron chi connectivity index (χ4n) is 3.70. The van der Waals surface area contributed by atoms with Crippen LogP contribution in [0, 0.1) is 0 Å². The maximum atomic E-state index is 12.2. The van der Waals surface area contributed by atoms with Crippen molar-refractivity contribution < 1.29 is 13.9 Å². The molecule has 0 saturated carbocycles. The Morgan fingerprint density at radius 1 is 1.03 bits per heavy atom. The summed E-state index contributed by atoms with van der Waals surface area (Å²) in [6, 6.07) is 17.6. The van der Waals surface area contributed by atoms with E-state index in [-0.39, 0.29) is 30.7 Å². The molecule has 0 spiro atoms. The topological polar surface area (TPSA) is 58.0 Å². The third kappa shape index (κ3) is 6.19. The first-order valence-electron chi connectivity index (χ1n) is 10.3. The first-order chi connectivity index (χ1) is 14.7. The number of para-hydroxylation sites is 3. The Morgan fingerprint density at radius 3 is 2.50 bits per heavy atom. The number of hydrogen-bond donors (Lipinski definition) is 1. The zero-order chi connectivity index (χ0) is 20.8. The molecule has 1 aliphatic heterocycles. The van der Waals surface area contributed by atoms with Crippen LogP contribution in [-0.2, 0) is 0 Å². The van der Waals surface area contributed by atoms with E-state index in [1.165, 1.54) is 0 Å². The molecule has 0 bridgehead atoms. The fourth-order valence-corrected chi connectivity index (χ4v) is 3.70. The Kier molecular flexibility index (Phi) is 9.91. The second-order valence-corrected chi connectivity index (χ2v) is 7.29. The van der Waals surface area contributed by atoms with E-state index in [1.807, 2.05) is 48.5 Å². The summed E-state index contributed by atoms with van der Waals surface area (Å²) in [6.07, 6.45) is 4.10. The number of nitrogens with zero attached hydrogens (tertiary/aromatic N) is 2. The number of nitrogens with one attached hydrogen (secondary N) is 1. The third-order valence-corrected chi connectivity index (χ3v) is 5.36. The molecule has 1 amide bonds. The summed E-state index contributed by atoms with van der Waals surface area (Å²) < 4.78 is 11.1. The SMILES string of the molecule is COc1ccccc1N1CCN(C/C=C/CNC(=O)c2cc3ccccc3o2)CC1.Cl.Cl. The largest absolute Gasteiger partial charge is 0.495 e. The normalized spacial score (nSPS) is 14.1. The molecule has 2 aromatic carbocycles. The lowest BCUT2D eigenvalue weighted by atomic mass is 10.2. The maximum Gasteiger partial charge on any atom is 0.287 e. The molecule has 0 unspecified atom stereocenters. The van der Waals surface area contributed by atoms with Crippen molar-refractivity contribution in [1.29, 1.82) is 0 Å². The van der Waals surface area contributed by atoms with Crippen LogP contribution in [0.3, 0.4) is 0 Å². The second kappa shape index (κ2) is 12.4. The van der Waals surface area contributed by atoms with Crippen LogP contribution in [0.2, 0.25) is 0 Å². The molecule has 0 atom stereocenters. The minimum absolute atomic E-state index is 0. The van der Waals surface area contributed by atoms with Gasteiger partial charge in [0.25, 0.3) is 5.91 Å². The summed E-state index contributed by atoms with van der Waals surface area (Å²) in [5, 5.41) is 3.81. The molecule has 1 aromatic heterocycles. The zero-order valence-corrected chi connectivity index (χ0v) is 19.7. The van der Waals surface area contributed by atoms with Crippen molar-refractivity contribution in [2.45, 2.75) is 0 Å². The molecule has 0 radical (unpaired) electrons. The van der Waals surface area contributed by atoms with Crippen LogP contribution in [-0.4, -0.2) is 57.2 Å². The van der Waals surface area contributed by atoms with E-state index in [9.17, 15) is 4.79 Å². The van der Waals surface area contributed by atoms with E-state index in [1.54, 1.807) is 13.2 Å². The molecule has 1 aliphatic rings. The first-order valence-corrected chi connectivity index (χ1v) is 10.3. The molecule has 0 aliphatic carbocycles. The van der Waals surface area contributed by atoms with Gasteiger partial charge in [0, 0.05) is 44.7 Å². The summed E-state index contributed by atoms with van der Waals surface area (Å²) >= 11 is 0. The van der Waals surface area contributed by atoms with Gasteiger partial charge in [0.05, 0.1) is 12.8 Å². The number of amides is 1. The molecule has 8 heteroatoms. The number of fused-ring (bicyclic) bond motifs is 1. The highest BCUT2D eigenvalue weighted by Gasteiger charge is 2.18. The van der Waals surface area contributed by atoms with Crippen LogP contribution in [0.25, 0.3) is 11.0 Å². The lowest BCUT2D eigenvalue weighted by molar-refractivity contribution is 0.0932. The average Bonchev–Trinajstić information content (AvgIpc) is 3.24. The summed E-state index contributed by atoms with van der Waals surface area (Å²) in [5.41, 5.74) is 1.88. The number of carbonyl (C=O) groups is 1. The van der Waals surface area contributed by atoms with E-state index in [0.29, 0.717) is 12.3 Å². The molecular weight excluding hydrogens is 449 g/mol. The van der Waals surface area contributed by atoms with Crippen LogP contribution in [0.1, 0.15) is 10.6 Å². The number of piperazine rings is 1. The molecule has 2 heterocycles. The number of methoxy groups -OCH3 is 1. The molecule has 32 heavy (non-hydrogen) atoms. The molecule has 1 fully saturated rings. The highest BCUT2D eigenvalue weighted by atomic mass is 35.5. The Hall–Kier alpha value is -2.67. The first kappa shape index (κ1) is 25.6. The van der Waals surface area contributed by atoms with E-state index in [2.05, 4.69) is 27.3 Å². The number of carbonyl (C=O) groups excluding carboxylic acids is 1. The number of halogens is 2. The second-order valence-electron chi connectivity index (χ2n) is 7.29. The summed E-state index contributed by atoms with van der Waals surface area (Å²) in [7, 11) is 1.72. The molecule has 4 rings (SSSR count). The number of ether oxygens (including phenoxy) is 1. The number of furan rings is 1. The van der Waals surface area contributed by atoms with Gasteiger partial charge in [0.1, 0.15) is 11.3 Å². The number of rotatable bonds is 7. The van der Waals surface area contributed by atoms with Crippen molar-refractivity contribution in [3.63, 3.8) is 0 Å². The molecule has 172 valence electrons. The predicted molar refractivity (Wildman–Crippen MR) is 134 cm³/mol. The number of anilines is 1. The summed E-state index contributed by atoms with van der Waals surface area (Å²) in [4.78, 5) is 17.0. The molecular formula is C24H29Cl2N3O3. The Labute approximate surface area is 201 Å². The lowest BCUT2D eigenvalue weighted by Gasteiger charge is -2.36. The van der Waals surface area contributed by atoms with E-state index >= 15 is 0 Å². The van der Waals surface area contributed by atoms with Crippen LogP contribution < -0.4 is 15.0 Å². The van der Waals surface area contributed by atoms with Gasteiger partial charge in [-0.3, -0.25) is 9.69 Å². The van der Waals surface area contributed by atoms with Crippen molar-refractivity contribution in [1.82, 2.24) is 10.2 Å². The lowest BCUT2D eigenvalue weighted by Crippen LogP contribution is -2.46. The monoisotopic (exact) mass is 477 g/mol. The van der Waals surface area contributed by atoms with Gasteiger partial charge < -0.3 is 19.4 Å². The Bertz CT molecular complexity index is 997. The van der Waals surface area contributed by atoms with E-state index in [4.69, 9.17) is 9.15 Å². The van der Waals surface area contributed by atoms with Gasteiger partial charge in [-0.25, -0.2) is 0 Å². The molecule has 6 nitrogen and oxygen atoms in total. The standard InChI is InChI=1S/C24H27N3O3.2ClH/c1-29-22-11-5-3-9-20(22)27-16-14-26(15-17-27)13-7-6-12-25-24(28)23-18-19-8-2-4-10-21(19)30-23;;/h2-11,18H,12-17H2,1H3,(H,25,28);2*1H/b7-6+;;. The fraction of sp³-hybridized carbons (Fsp3) is 0.292. The zero-order valence-electron chi connectivity index (χ0n) is 18.0. The minimum atomic E-state index is -0.193. The van der Waals surface area contributed by atoms with E-state index < -0.39 is 0 Å². The van der Waals surface area contributed by atoms with Crippen molar-refractivity contribution in [2.75, 3.05) is 51.3 Å². The summed E-state index contributed by atoms with van der Waals surface area (Å²) in [5.74, 6) is 1.07. The molecule has 1 saturated heterocycles. The van der Waals surface area contributed by atoms with Crippen molar-refractivity contribution in [3.8, 4) is 5.75 Å². The number of benzene rings is 2. The van der Waals surface area contributed by atoms with Crippen LogP contribution >= 0.6 is 24.8 Å². The van der Waals surface area contributed by atoms with Crippen LogP contribution in [0.5, 0.6) is 5.75 Å². The van der Waals surface area contributed by atoms with Gasteiger partial charge in [-0.05, 0) is 24.3 Å². The highest BCUT2D eigenvalue weighted by Crippen LogP contribution is 2.28. The highest BCUT2D eigenvalue weighted by molar-refractivity contribution is 5.96. The quantitative estimate of drug-likeness (QED) is 0.511. The van der Waals surface area contributed by atoms with Crippen molar-refractivity contribution in [2.24, 2.45) is 0 Å². The van der Waals surface area contributed by atoms with Gasteiger partial charge in [-0.2, -0.15) is 0 Å². The van der Waals surface area contributed by atoms with Gasteiger partial charge >= 0.3 is 0 Å². The van der Waals surface area contributed by atoms with Crippen LogP contribution in [0.4, 0.5) is 5.69 Å². The third-order valence-electron chi connectivity index (χ3n) is 5.36. The Morgan fingerprint density at radius 2 is 1.75 bits per heavy atom. The van der Waals surface area contributed by atoms with Gasteiger partial charge in [-0.1, -0.05) is 42.5 Å². The van der Waals surface area contributed by atoms with Crippen molar-refractivity contribution in [3.05, 3.63) is 72.5 Å². The smallest absolute Gasteiger partial charge is 0.287 e. The number of hydrogen-bond acceptors (Lipinski definition) is 5. The minimum Gasteiger partial charge on any atom is -0.495 e. The Balaban J connectivity index is 0.00000181. The van der Waals surface area contributed by atoms with Crippen LogP contribution in [0.15, 0.2) is 71.2 Å². The molecule has 3 aromatic rings. The van der Waals surface area contributed by atoms with Gasteiger partial charge in [0.15, 0.2) is 5.76 Å². The summed E-state index contributed by atoms with van der Waals surface area (Å²) in [6.45, 7) is 5.28. The average molecular weight is 478 g/mol. The van der Waals surface area contributed by atoms with Gasteiger partial charge in [-0.15, -0.1) is 24.8 Å². The van der Waals surface area contributed by atoms with Gasteiger partial charge in [0.2, 0.25) is 0 Å². The van der Waals surface area contributed by atoms with Crippen molar-refractivity contribution >= 4 is 47.4 Å². The molecule has 1 N–H and O–H groups in total.